The predicted molar refractivity (Wildman–Crippen MR) is 100 cm³/mol. The van der Waals surface area contributed by atoms with Crippen molar-refractivity contribution in [2.75, 3.05) is 26.3 Å². The third-order valence-corrected chi connectivity index (χ3v) is 5.60. The molecule has 0 amide bonds. The summed E-state index contributed by atoms with van der Waals surface area (Å²) in [7, 11) is 0. The third-order valence-electron chi connectivity index (χ3n) is 5.35. The van der Waals surface area contributed by atoms with Gasteiger partial charge in [0.15, 0.2) is 0 Å². The van der Waals surface area contributed by atoms with E-state index in [1.165, 1.54) is 19.3 Å². The largest absolute Gasteiger partial charge is 0.379 e. The van der Waals surface area contributed by atoms with Crippen molar-refractivity contribution in [3.05, 3.63) is 35.2 Å². The van der Waals surface area contributed by atoms with E-state index in [-0.39, 0.29) is 0 Å². The quantitative estimate of drug-likeness (QED) is 0.807. The molecule has 1 aromatic carbocycles. The van der Waals surface area contributed by atoms with Gasteiger partial charge in [0.2, 0.25) is 11.7 Å². The van der Waals surface area contributed by atoms with Gasteiger partial charge in [-0.3, -0.25) is 0 Å². The van der Waals surface area contributed by atoms with Crippen LogP contribution in [-0.2, 0) is 11.2 Å². The lowest BCUT2D eigenvalue weighted by atomic mass is 9.94. The number of hydrogen-bond acceptors (Lipinski definition) is 6. The summed E-state index contributed by atoms with van der Waals surface area (Å²) in [5.41, 5.74) is 0.914. The van der Waals surface area contributed by atoms with Gasteiger partial charge in [-0.25, -0.2) is 0 Å². The highest BCUT2D eigenvalue weighted by molar-refractivity contribution is 6.30. The van der Waals surface area contributed by atoms with Crippen LogP contribution in [0.4, 0.5) is 0 Å². The van der Waals surface area contributed by atoms with Gasteiger partial charge in [0, 0.05) is 42.2 Å². The van der Waals surface area contributed by atoms with Gasteiger partial charge < -0.3 is 19.9 Å². The molecule has 2 aliphatic rings. The molecule has 2 heterocycles. The highest BCUT2D eigenvalue weighted by Gasteiger charge is 2.34. The minimum absolute atomic E-state index is 0.476. The van der Waals surface area contributed by atoms with Gasteiger partial charge >= 0.3 is 0 Å². The topological polar surface area (TPSA) is 72.2 Å². The molecule has 1 aliphatic carbocycles. The zero-order chi connectivity index (χ0) is 17.8. The Bertz CT molecular complexity index is 700. The summed E-state index contributed by atoms with van der Waals surface area (Å²) in [6, 6.07) is 8.47. The molecular weight excluding hydrogens is 352 g/mol. The number of ether oxygens (including phenoxy) is 1. The average Bonchev–Trinajstić information content (AvgIpc) is 3.33. The Morgan fingerprint density at radius 2 is 2.12 bits per heavy atom. The van der Waals surface area contributed by atoms with Crippen molar-refractivity contribution in [1.82, 2.24) is 20.8 Å². The fourth-order valence-corrected chi connectivity index (χ4v) is 4.15. The monoisotopic (exact) mass is 376 g/mol. The number of rotatable bonds is 6. The predicted octanol–water partition coefficient (Wildman–Crippen LogP) is 2.68. The first-order chi connectivity index (χ1) is 12.8. The van der Waals surface area contributed by atoms with Gasteiger partial charge in [0.25, 0.3) is 0 Å². The van der Waals surface area contributed by atoms with Crippen LogP contribution in [0.15, 0.2) is 28.8 Å². The second kappa shape index (κ2) is 8.48. The first-order valence-electron chi connectivity index (χ1n) is 9.42. The van der Waals surface area contributed by atoms with Crippen LogP contribution in [0.3, 0.4) is 0 Å². The smallest absolute Gasteiger partial charge is 0.228 e. The molecule has 0 spiro atoms. The Hall–Kier alpha value is -1.47. The maximum atomic E-state index is 5.92. The van der Waals surface area contributed by atoms with Gasteiger partial charge in [-0.15, -0.1) is 0 Å². The molecule has 1 saturated carbocycles. The van der Waals surface area contributed by atoms with Crippen molar-refractivity contribution in [3.8, 4) is 11.4 Å². The molecule has 4 rings (SSSR count). The van der Waals surface area contributed by atoms with E-state index >= 15 is 0 Å². The number of halogens is 1. The molecule has 1 aromatic heterocycles. The summed E-state index contributed by atoms with van der Waals surface area (Å²) >= 11 is 5.92. The SMILES string of the molecule is Clc1ccc(-c2noc(CCNC3CCCC3C3COCCN3)n2)cc1. The molecule has 0 radical (unpaired) electrons. The molecule has 1 aliphatic heterocycles. The summed E-state index contributed by atoms with van der Waals surface area (Å²) in [5.74, 6) is 1.91. The van der Waals surface area contributed by atoms with E-state index in [1.807, 2.05) is 24.3 Å². The summed E-state index contributed by atoms with van der Waals surface area (Å²) in [5, 5.41) is 12.1. The van der Waals surface area contributed by atoms with Crippen molar-refractivity contribution in [3.63, 3.8) is 0 Å². The van der Waals surface area contributed by atoms with Crippen LogP contribution in [0.2, 0.25) is 5.02 Å². The Morgan fingerprint density at radius 1 is 1.23 bits per heavy atom. The highest BCUT2D eigenvalue weighted by atomic mass is 35.5. The molecule has 3 atom stereocenters. The Morgan fingerprint density at radius 3 is 2.92 bits per heavy atom. The normalized spacial score (nSPS) is 26.3. The van der Waals surface area contributed by atoms with Gasteiger partial charge in [0.05, 0.1) is 13.2 Å². The van der Waals surface area contributed by atoms with E-state index in [0.29, 0.717) is 34.7 Å². The lowest BCUT2D eigenvalue weighted by molar-refractivity contribution is 0.0525. The van der Waals surface area contributed by atoms with Crippen molar-refractivity contribution < 1.29 is 9.26 Å². The first kappa shape index (κ1) is 17.9. The number of nitrogens with zero attached hydrogens (tertiary/aromatic N) is 2. The maximum Gasteiger partial charge on any atom is 0.228 e. The summed E-state index contributed by atoms with van der Waals surface area (Å²) in [4.78, 5) is 4.49. The molecule has 2 aromatic rings. The van der Waals surface area contributed by atoms with Crippen molar-refractivity contribution in [2.45, 2.75) is 37.8 Å². The maximum absolute atomic E-state index is 5.92. The van der Waals surface area contributed by atoms with Crippen molar-refractivity contribution in [2.24, 2.45) is 5.92 Å². The number of hydrogen-bond donors (Lipinski definition) is 2. The van der Waals surface area contributed by atoms with Gasteiger partial charge in [-0.2, -0.15) is 4.98 Å². The third kappa shape index (κ3) is 4.26. The number of morpholine rings is 1. The Balaban J connectivity index is 1.28. The first-order valence-corrected chi connectivity index (χ1v) is 9.80. The van der Waals surface area contributed by atoms with Gasteiger partial charge in [-0.1, -0.05) is 23.2 Å². The molecule has 140 valence electrons. The molecule has 7 heteroatoms. The molecule has 6 nitrogen and oxygen atoms in total. The summed E-state index contributed by atoms with van der Waals surface area (Å²) in [6.45, 7) is 3.46. The number of aromatic nitrogens is 2. The Labute approximate surface area is 158 Å². The number of benzene rings is 1. The van der Waals surface area contributed by atoms with E-state index in [0.717, 1.165) is 38.3 Å². The molecular formula is C19H25ClN4O2. The molecule has 1 saturated heterocycles. The average molecular weight is 377 g/mol. The minimum Gasteiger partial charge on any atom is -0.379 e. The standard InChI is InChI=1S/C19H25ClN4O2/c20-14-6-4-13(5-7-14)19-23-18(26-24-19)8-9-21-16-3-1-2-15(16)17-12-25-11-10-22-17/h4-7,15-17,21-22H,1-3,8-12H2. The van der Waals surface area contributed by atoms with Gasteiger partial charge in [-0.05, 0) is 43.0 Å². The van der Waals surface area contributed by atoms with E-state index in [2.05, 4.69) is 20.8 Å². The molecule has 3 unspecified atom stereocenters. The van der Waals surface area contributed by atoms with Crippen LogP contribution in [-0.4, -0.2) is 48.5 Å². The van der Waals surface area contributed by atoms with Crippen LogP contribution in [0, 0.1) is 5.92 Å². The van der Waals surface area contributed by atoms with Crippen LogP contribution < -0.4 is 10.6 Å². The Kier molecular flexibility index (Phi) is 5.84. The van der Waals surface area contributed by atoms with Gasteiger partial charge in [0.1, 0.15) is 0 Å². The minimum atomic E-state index is 0.476. The van der Waals surface area contributed by atoms with Crippen molar-refractivity contribution >= 4 is 11.6 Å². The van der Waals surface area contributed by atoms with Crippen LogP contribution in [0.25, 0.3) is 11.4 Å². The second-order valence-corrected chi connectivity index (χ2v) is 7.50. The molecule has 2 fully saturated rings. The van der Waals surface area contributed by atoms with E-state index in [1.54, 1.807) is 0 Å². The molecule has 2 N–H and O–H groups in total. The summed E-state index contributed by atoms with van der Waals surface area (Å²) in [6.07, 6.45) is 4.50. The van der Waals surface area contributed by atoms with E-state index < -0.39 is 0 Å². The zero-order valence-electron chi connectivity index (χ0n) is 14.8. The second-order valence-electron chi connectivity index (χ2n) is 7.06. The number of nitrogens with one attached hydrogen (secondary N) is 2. The fourth-order valence-electron chi connectivity index (χ4n) is 4.02. The lowest BCUT2D eigenvalue weighted by Gasteiger charge is -2.33. The van der Waals surface area contributed by atoms with Crippen LogP contribution in [0.1, 0.15) is 25.2 Å². The van der Waals surface area contributed by atoms with Crippen LogP contribution in [0.5, 0.6) is 0 Å². The summed E-state index contributed by atoms with van der Waals surface area (Å²) < 4.78 is 11.0. The molecule has 26 heavy (non-hydrogen) atoms. The van der Waals surface area contributed by atoms with Crippen LogP contribution >= 0.6 is 11.6 Å². The lowest BCUT2D eigenvalue weighted by Crippen LogP contribution is -2.51. The van der Waals surface area contributed by atoms with E-state index in [9.17, 15) is 0 Å². The van der Waals surface area contributed by atoms with E-state index in [4.69, 9.17) is 20.9 Å². The highest BCUT2D eigenvalue weighted by Crippen LogP contribution is 2.29. The molecule has 0 bridgehead atoms. The fraction of sp³-hybridized carbons (Fsp3) is 0.579. The van der Waals surface area contributed by atoms with Crippen molar-refractivity contribution in [1.29, 1.82) is 0 Å². The zero-order valence-corrected chi connectivity index (χ0v) is 15.5.